The lowest BCUT2D eigenvalue weighted by molar-refractivity contribution is 0.0995. The van der Waals surface area contributed by atoms with Gasteiger partial charge in [0.25, 0.3) is 5.91 Å². The van der Waals surface area contributed by atoms with Crippen LogP contribution >= 0.6 is 0 Å². The molecule has 3 aromatic heterocycles. The van der Waals surface area contributed by atoms with Crippen molar-refractivity contribution in [2.24, 2.45) is 5.73 Å². The van der Waals surface area contributed by atoms with Crippen LogP contribution in [0.4, 0.5) is 5.82 Å². The second kappa shape index (κ2) is 7.98. The number of primary amides is 1. The van der Waals surface area contributed by atoms with E-state index in [1.165, 1.54) is 0 Å². The summed E-state index contributed by atoms with van der Waals surface area (Å²) in [5.41, 5.74) is 7.72. The number of carbonyl (C=O) groups is 1. The van der Waals surface area contributed by atoms with Crippen molar-refractivity contribution in [2.75, 3.05) is 5.32 Å². The summed E-state index contributed by atoms with van der Waals surface area (Å²) in [5.74, 6) is 0.738. The first-order chi connectivity index (χ1) is 15.2. The van der Waals surface area contributed by atoms with Gasteiger partial charge >= 0.3 is 0 Å². The molecule has 1 aliphatic carbocycles. The predicted molar refractivity (Wildman–Crippen MR) is 117 cm³/mol. The van der Waals surface area contributed by atoms with E-state index in [1.54, 1.807) is 30.7 Å². The molecule has 1 aliphatic rings. The number of amides is 1. The van der Waals surface area contributed by atoms with Crippen molar-refractivity contribution in [1.82, 2.24) is 19.9 Å². The number of nitrogens with zero attached hydrogens (tertiary/aromatic N) is 4. The molecule has 1 amide bonds. The normalized spacial score (nSPS) is 17.7. The Labute approximate surface area is 178 Å². The Kier molecular flexibility index (Phi) is 4.87. The van der Waals surface area contributed by atoms with Crippen LogP contribution in [0, 0.1) is 0 Å². The zero-order chi connectivity index (χ0) is 21.2. The highest BCUT2D eigenvalue weighted by molar-refractivity contribution is 5.91. The van der Waals surface area contributed by atoms with Crippen molar-refractivity contribution < 1.29 is 9.53 Å². The molecule has 1 saturated carbocycles. The third-order valence-electron chi connectivity index (χ3n) is 5.28. The van der Waals surface area contributed by atoms with E-state index in [0.29, 0.717) is 17.1 Å². The number of ether oxygens (including phenoxy) is 1. The van der Waals surface area contributed by atoms with Crippen molar-refractivity contribution in [3.05, 3.63) is 72.8 Å². The zero-order valence-electron chi connectivity index (χ0n) is 16.6. The first-order valence-corrected chi connectivity index (χ1v) is 10.0. The number of para-hydroxylation sites is 1. The Bertz CT molecular complexity index is 1240. The Morgan fingerprint density at radius 3 is 2.65 bits per heavy atom. The number of nitrogens with one attached hydrogen (secondary N) is 1. The van der Waals surface area contributed by atoms with Gasteiger partial charge in [-0.25, -0.2) is 15.0 Å². The van der Waals surface area contributed by atoms with Gasteiger partial charge in [0.05, 0.1) is 5.52 Å². The number of rotatable bonds is 6. The van der Waals surface area contributed by atoms with Crippen LogP contribution in [0.1, 0.15) is 23.3 Å². The predicted octanol–water partition coefficient (Wildman–Crippen LogP) is 3.21. The molecule has 0 radical (unpaired) electrons. The maximum absolute atomic E-state index is 11.2. The molecule has 0 saturated heterocycles. The summed E-state index contributed by atoms with van der Waals surface area (Å²) >= 11 is 0. The van der Waals surface area contributed by atoms with Crippen LogP contribution in [-0.2, 0) is 0 Å². The number of hydrogen-bond acceptors (Lipinski definition) is 7. The topological polar surface area (TPSA) is 116 Å². The van der Waals surface area contributed by atoms with Crippen LogP contribution in [0.3, 0.4) is 0 Å². The first-order valence-electron chi connectivity index (χ1n) is 10.0. The van der Waals surface area contributed by atoms with E-state index in [0.717, 1.165) is 29.6 Å². The maximum atomic E-state index is 11.2. The van der Waals surface area contributed by atoms with Crippen molar-refractivity contribution in [3.8, 4) is 17.1 Å². The van der Waals surface area contributed by atoms with Gasteiger partial charge in [0.2, 0.25) is 5.88 Å². The molecule has 0 bridgehead atoms. The van der Waals surface area contributed by atoms with Gasteiger partial charge in [0.15, 0.2) is 0 Å². The maximum Gasteiger partial charge on any atom is 0.267 e. The van der Waals surface area contributed by atoms with Crippen molar-refractivity contribution in [3.63, 3.8) is 0 Å². The third-order valence-corrected chi connectivity index (χ3v) is 5.28. The van der Waals surface area contributed by atoms with E-state index in [-0.39, 0.29) is 17.8 Å². The zero-order valence-corrected chi connectivity index (χ0v) is 16.6. The van der Waals surface area contributed by atoms with Gasteiger partial charge in [-0.3, -0.25) is 9.78 Å². The lowest BCUT2D eigenvalue weighted by Gasteiger charge is -2.36. The van der Waals surface area contributed by atoms with E-state index >= 15 is 0 Å². The van der Waals surface area contributed by atoms with E-state index in [2.05, 4.69) is 37.4 Å². The number of carbonyl (C=O) groups excluding carboxylic acids is 1. The first kappa shape index (κ1) is 18.9. The Hall–Kier alpha value is -4.07. The molecule has 0 aliphatic heterocycles. The second-order valence-electron chi connectivity index (χ2n) is 7.45. The monoisotopic (exact) mass is 412 g/mol. The SMILES string of the molecule is NC(=O)c1ccc(-c2nccnc2OC2CC(Nc3ccc4ccccc4n3)C2)cn1. The summed E-state index contributed by atoms with van der Waals surface area (Å²) in [7, 11) is 0. The van der Waals surface area contributed by atoms with Gasteiger partial charge in [-0.1, -0.05) is 18.2 Å². The van der Waals surface area contributed by atoms with E-state index in [1.807, 2.05) is 24.3 Å². The minimum Gasteiger partial charge on any atom is -0.473 e. The summed E-state index contributed by atoms with van der Waals surface area (Å²) in [6, 6.07) is 15.7. The highest BCUT2D eigenvalue weighted by Crippen LogP contribution is 2.32. The molecule has 3 heterocycles. The van der Waals surface area contributed by atoms with Crippen LogP contribution in [0.5, 0.6) is 5.88 Å². The summed E-state index contributed by atoms with van der Waals surface area (Å²) in [6.45, 7) is 0. The van der Waals surface area contributed by atoms with Gasteiger partial charge in [-0.05, 0) is 30.3 Å². The molecule has 154 valence electrons. The largest absolute Gasteiger partial charge is 0.473 e. The average Bonchev–Trinajstić information content (AvgIpc) is 2.78. The van der Waals surface area contributed by atoms with Gasteiger partial charge < -0.3 is 15.8 Å². The molecule has 8 nitrogen and oxygen atoms in total. The van der Waals surface area contributed by atoms with E-state index in [4.69, 9.17) is 10.5 Å². The van der Waals surface area contributed by atoms with Crippen LogP contribution < -0.4 is 15.8 Å². The molecule has 31 heavy (non-hydrogen) atoms. The van der Waals surface area contributed by atoms with Gasteiger partial charge in [-0.2, -0.15) is 0 Å². The van der Waals surface area contributed by atoms with Gasteiger partial charge in [-0.15, -0.1) is 0 Å². The third kappa shape index (κ3) is 4.00. The van der Waals surface area contributed by atoms with Crippen molar-refractivity contribution >= 4 is 22.6 Å². The smallest absolute Gasteiger partial charge is 0.267 e. The molecule has 1 aromatic carbocycles. The van der Waals surface area contributed by atoms with Crippen molar-refractivity contribution in [1.29, 1.82) is 0 Å². The Morgan fingerprint density at radius 2 is 1.84 bits per heavy atom. The fourth-order valence-corrected chi connectivity index (χ4v) is 3.58. The number of aromatic nitrogens is 4. The second-order valence-corrected chi connectivity index (χ2v) is 7.45. The van der Waals surface area contributed by atoms with Gasteiger partial charge in [0.1, 0.15) is 23.3 Å². The molecule has 0 unspecified atom stereocenters. The molecule has 1 fully saturated rings. The molecule has 0 atom stereocenters. The highest BCUT2D eigenvalue weighted by atomic mass is 16.5. The minimum atomic E-state index is -0.573. The van der Waals surface area contributed by atoms with Crippen LogP contribution in [0.15, 0.2) is 67.1 Å². The minimum absolute atomic E-state index is 0.0336. The number of fused-ring (bicyclic) bond motifs is 1. The average molecular weight is 412 g/mol. The molecule has 3 N–H and O–H groups in total. The molecular formula is C23H20N6O2. The molecular weight excluding hydrogens is 392 g/mol. The van der Waals surface area contributed by atoms with Crippen LogP contribution in [0.25, 0.3) is 22.2 Å². The Balaban J connectivity index is 1.23. The standard InChI is InChI=1S/C23H20N6O2/c24-22(30)19-7-5-15(13-27-19)21-23(26-10-9-25-21)31-17-11-16(12-17)28-20-8-6-14-3-1-2-4-18(14)29-20/h1-10,13,16-17H,11-12H2,(H2,24,30)(H,28,29). The quantitative estimate of drug-likeness (QED) is 0.499. The van der Waals surface area contributed by atoms with E-state index in [9.17, 15) is 4.79 Å². The van der Waals surface area contributed by atoms with Crippen molar-refractivity contribution in [2.45, 2.75) is 25.0 Å². The fourth-order valence-electron chi connectivity index (χ4n) is 3.58. The summed E-state index contributed by atoms with van der Waals surface area (Å²) < 4.78 is 6.10. The lowest BCUT2D eigenvalue weighted by atomic mass is 9.89. The number of hydrogen-bond donors (Lipinski definition) is 2. The fraction of sp³-hybridized carbons (Fsp3) is 0.174. The number of nitrogens with two attached hydrogens (primary N) is 1. The Morgan fingerprint density at radius 1 is 1.00 bits per heavy atom. The van der Waals surface area contributed by atoms with Gasteiger partial charge in [0, 0.05) is 48.4 Å². The lowest BCUT2D eigenvalue weighted by Crippen LogP contribution is -2.42. The van der Waals surface area contributed by atoms with Crippen LogP contribution in [0.2, 0.25) is 0 Å². The number of benzene rings is 1. The molecule has 8 heteroatoms. The highest BCUT2D eigenvalue weighted by Gasteiger charge is 2.32. The van der Waals surface area contributed by atoms with Crippen LogP contribution in [-0.4, -0.2) is 38.0 Å². The number of pyridine rings is 2. The number of anilines is 1. The molecule has 5 rings (SSSR count). The molecule has 0 spiro atoms. The summed E-state index contributed by atoms with van der Waals surface area (Å²) in [4.78, 5) is 28.7. The summed E-state index contributed by atoms with van der Waals surface area (Å²) in [6.07, 6.45) is 6.45. The molecule has 4 aromatic rings. The van der Waals surface area contributed by atoms with E-state index < -0.39 is 5.91 Å². The summed E-state index contributed by atoms with van der Waals surface area (Å²) in [5, 5.41) is 4.59.